The molecule has 0 amide bonds. The number of hydrogen-bond donors (Lipinski definition) is 2. The van der Waals surface area contributed by atoms with Crippen LogP contribution in [0.1, 0.15) is 49.0 Å². The third-order valence-corrected chi connectivity index (χ3v) is 3.19. The molecule has 2 nitrogen and oxygen atoms in total. The van der Waals surface area contributed by atoms with E-state index in [0.29, 0.717) is 5.56 Å². The summed E-state index contributed by atoms with van der Waals surface area (Å²) in [5.41, 5.74) is 3.23. The Bertz CT molecular complexity index is 356. The van der Waals surface area contributed by atoms with Gasteiger partial charge in [-0.2, -0.15) is 0 Å². The maximum atomic E-state index is 9.77. The van der Waals surface area contributed by atoms with Crippen LogP contribution in [0.3, 0.4) is 0 Å². The van der Waals surface area contributed by atoms with E-state index in [4.69, 9.17) is 0 Å². The molecule has 2 rings (SSSR count). The quantitative estimate of drug-likeness (QED) is 0.693. The second-order valence-corrected chi connectivity index (χ2v) is 4.42. The SMILES string of the molecule is CC(O)c1cc2c(cc1O)CCCCC2. The second kappa shape index (κ2) is 4.23. The molecule has 0 fully saturated rings. The van der Waals surface area contributed by atoms with Crippen molar-refractivity contribution >= 4 is 0 Å². The van der Waals surface area contributed by atoms with Gasteiger partial charge in [0.1, 0.15) is 5.75 Å². The van der Waals surface area contributed by atoms with Crippen LogP contribution in [0, 0.1) is 0 Å². The number of phenolic OH excluding ortho intramolecular Hbond substituents is 1. The molecule has 0 heterocycles. The van der Waals surface area contributed by atoms with Crippen LogP contribution in [0.25, 0.3) is 0 Å². The number of hydrogen-bond acceptors (Lipinski definition) is 2. The fourth-order valence-electron chi connectivity index (χ4n) is 2.30. The Labute approximate surface area is 90.6 Å². The maximum Gasteiger partial charge on any atom is 0.121 e. The first-order valence-electron chi connectivity index (χ1n) is 5.71. The zero-order valence-corrected chi connectivity index (χ0v) is 9.16. The van der Waals surface area contributed by atoms with Gasteiger partial charge in [0.05, 0.1) is 6.10 Å². The number of fused-ring (bicyclic) bond motifs is 1. The molecule has 0 spiro atoms. The summed E-state index contributed by atoms with van der Waals surface area (Å²) in [5, 5.41) is 19.3. The van der Waals surface area contributed by atoms with Crippen LogP contribution in [-0.2, 0) is 12.8 Å². The van der Waals surface area contributed by atoms with Gasteiger partial charge < -0.3 is 10.2 Å². The summed E-state index contributed by atoms with van der Waals surface area (Å²) < 4.78 is 0. The normalized spacial score (nSPS) is 18.0. The van der Waals surface area contributed by atoms with Crippen molar-refractivity contribution in [3.05, 3.63) is 28.8 Å². The highest BCUT2D eigenvalue weighted by molar-refractivity contribution is 5.43. The minimum absolute atomic E-state index is 0.241. The van der Waals surface area contributed by atoms with Gasteiger partial charge in [-0.25, -0.2) is 0 Å². The van der Waals surface area contributed by atoms with Gasteiger partial charge >= 0.3 is 0 Å². The van der Waals surface area contributed by atoms with E-state index in [2.05, 4.69) is 0 Å². The van der Waals surface area contributed by atoms with E-state index in [1.54, 1.807) is 6.92 Å². The molecule has 1 aliphatic carbocycles. The van der Waals surface area contributed by atoms with Crippen LogP contribution in [0.5, 0.6) is 5.75 Å². The van der Waals surface area contributed by atoms with Gasteiger partial charge in [0.2, 0.25) is 0 Å². The van der Waals surface area contributed by atoms with Gasteiger partial charge in [-0.05, 0) is 55.9 Å². The third kappa shape index (κ3) is 2.15. The Morgan fingerprint density at radius 2 is 1.67 bits per heavy atom. The Morgan fingerprint density at radius 1 is 1.07 bits per heavy atom. The minimum Gasteiger partial charge on any atom is -0.508 e. The summed E-state index contributed by atoms with van der Waals surface area (Å²) in [6.45, 7) is 1.69. The molecule has 82 valence electrons. The lowest BCUT2D eigenvalue weighted by molar-refractivity contribution is 0.195. The van der Waals surface area contributed by atoms with Crippen LogP contribution < -0.4 is 0 Å². The summed E-state index contributed by atoms with van der Waals surface area (Å²) >= 11 is 0. The Hall–Kier alpha value is -1.02. The first kappa shape index (κ1) is 10.5. The topological polar surface area (TPSA) is 40.5 Å². The number of aliphatic hydroxyl groups is 1. The summed E-state index contributed by atoms with van der Waals surface area (Å²) in [5.74, 6) is 0.241. The molecular formula is C13H18O2. The molecule has 1 aromatic carbocycles. The number of rotatable bonds is 1. The standard InChI is InChI=1S/C13H18O2/c1-9(14)12-7-10-5-3-2-4-6-11(10)8-13(12)15/h7-9,14-15H,2-6H2,1H3. The first-order valence-corrected chi connectivity index (χ1v) is 5.71. The summed E-state index contributed by atoms with van der Waals surface area (Å²) in [6.07, 6.45) is 5.24. The molecule has 1 aromatic rings. The molecule has 15 heavy (non-hydrogen) atoms. The number of aliphatic hydroxyl groups excluding tert-OH is 1. The highest BCUT2D eigenvalue weighted by Gasteiger charge is 2.14. The van der Waals surface area contributed by atoms with Crippen molar-refractivity contribution in [1.82, 2.24) is 0 Å². The number of phenols is 1. The fraction of sp³-hybridized carbons (Fsp3) is 0.538. The predicted molar refractivity (Wildman–Crippen MR) is 60.0 cm³/mol. The average molecular weight is 206 g/mol. The molecule has 1 unspecified atom stereocenters. The first-order chi connectivity index (χ1) is 7.18. The largest absolute Gasteiger partial charge is 0.508 e. The Morgan fingerprint density at radius 3 is 2.27 bits per heavy atom. The molecular weight excluding hydrogens is 188 g/mol. The molecule has 0 aliphatic heterocycles. The van der Waals surface area contributed by atoms with Crippen molar-refractivity contribution in [1.29, 1.82) is 0 Å². The van der Waals surface area contributed by atoms with E-state index < -0.39 is 6.10 Å². The highest BCUT2D eigenvalue weighted by Crippen LogP contribution is 2.31. The molecule has 0 radical (unpaired) electrons. The van der Waals surface area contributed by atoms with Crippen molar-refractivity contribution < 1.29 is 10.2 Å². The average Bonchev–Trinajstić information content (AvgIpc) is 2.40. The molecule has 2 N–H and O–H groups in total. The van der Waals surface area contributed by atoms with Crippen LogP contribution in [0.4, 0.5) is 0 Å². The summed E-state index contributed by atoms with van der Waals surface area (Å²) in [4.78, 5) is 0. The van der Waals surface area contributed by atoms with E-state index in [-0.39, 0.29) is 5.75 Å². The Kier molecular flexibility index (Phi) is 2.96. The highest BCUT2D eigenvalue weighted by atomic mass is 16.3. The van der Waals surface area contributed by atoms with Crippen molar-refractivity contribution in [2.45, 2.75) is 45.1 Å². The minimum atomic E-state index is -0.585. The van der Waals surface area contributed by atoms with Gasteiger partial charge in [-0.15, -0.1) is 0 Å². The number of aromatic hydroxyl groups is 1. The number of benzene rings is 1. The van der Waals surface area contributed by atoms with E-state index in [0.717, 1.165) is 12.8 Å². The fourth-order valence-corrected chi connectivity index (χ4v) is 2.30. The van der Waals surface area contributed by atoms with Gasteiger partial charge in [-0.3, -0.25) is 0 Å². The lowest BCUT2D eigenvalue weighted by Crippen LogP contribution is -1.98. The van der Waals surface area contributed by atoms with Crippen molar-refractivity contribution in [2.75, 3.05) is 0 Å². The van der Waals surface area contributed by atoms with Crippen LogP contribution >= 0.6 is 0 Å². The molecule has 0 bridgehead atoms. The number of aryl methyl sites for hydroxylation is 2. The van der Waals surface area contributed by atoms with Crippen LogP contribution in [0.2, 0.25) is 0 Å². The molecule has 0 saturated carbocycles. The molecule has 0 aromatic heterocycles. The van der Waals surface area contributed by atoms with Gasteiger partial charge in [0, 0.05) is 5.56 Å². The maximum absolute atomic E-state index is 9.77. The van der Waals surface area contributed by atoms with Gasteiger partial charge in [0.25, 0.3) is 0 Å². The molecule has 2 heteroatoms. The Balaban J connectivity index is 2.42. The van der Waals surface area contributed by atoms with E-state index in [1.165, 1.54) is 30.4 Å². The zero-order valence-electron chi connectivity index (χ0n) is 9.16. The predicted octanol–water partition coefficient (Wildman–Crippen LogP) is 2.71. The lowest BCUT2D eigenvalue weighted by Gasteiger charge is -2.13. The van der Waals surface area contributed by atoms with E-state index in [9.17, 15) is 10.2 Å². The van der Waals surface area contributed by atoms with Crippen molar-refractivity contribution in [3.63, 3.8) is 0 Å². The van der Waals surface area contributed by atoms with E-state index in [1.807, 2.05) is 12.1 Å². The van der Waals surface area contributed by atoms with Gasteiger partial charge in [0.15, 0.2) is 0 Å². The lowest BCUT2D eigenvalue weighted by atomic mass is 9.97. The van der Waals surface area contributed by atoms with Gasteiger partial charge in [-0.1, -0.05) is 6.42 Å². The summed E-state index contributed by atoms with van der Waals surface area (Å²) in [7, 11) is 0. The van der Waals surface area contributed by atoms with Crippen molar-refractivity contribution in [3.8, 4) is 5.75 Å². The zero-order chi connectivity index (χ0) is 10.8. The smallest absolute Gasteiger partial charge is 0.121 e. The molecule has 0 saturated heterocycles. The second-order valence-electron chi connectivity index (χ2n) is 4.42. The summed E-state index contributed by atoms with van der Waals surface area (Å²) in [6, 6.07) is 3.81. The van der Waals surface area contributed by atoms with Crippen LogP contribution in [-0.4, -0.2) is 10.2 Å². The van der Waals surface area contributed by atoms with Crippen LogP contribution in [0.15, 0.2) is 12.1 Å². The third-order valence-electron chi connectivity index (χ3n) is 3.19. The molecule has 1 aliphatic rings. The molecule has 1 atom stereocenters. The van der Waals surface area contributed by atoms with Crippen molar-refractivity contribution in [2.24, 2.45) is 0 Å². The van der Waals surface area contributed by atoms with E-state index >= 15 is 0 Å². The monoisotopic (exact) mass is 206 g/mol.